The largest absolute Gasteiger partial charge is 0.330 e. The summed E-state index contributed by atoms with van der Waals surface area (Å²) >= 11 is 1.71. The second-order valence-electron chi connectivity index (χ2n) is 4.43. The van der Waals surface area contributed by atoms with Crippen molar-refractivity contribution in [1.82, 2.24) is 9.97 Å². The van der Waals surface area contributed by atoms with Crippen molar-refractivity contribution in [3.63, 3.8) is 0 Å². The normalized spacial score (nSPS) is 10.7. The second kappa shape index (κ2) is 5.94. The first kappa shape index (κ1) is 13.0. The monoisotopic (exact) mass is 281 g/mol. The summed E-state index contributed by atoms with van der Waals surface area (Å²) < 4.78 is 0. The van der Waals surface area contributed by atoms with E-state index >= 15 is 0 Å². The van der Waals surface area contributed by atoms with Crippen LogP contribution in [0.4, 0.5) is 0 Å². The molecule has 0 aliphatic heterocycles. The summed E-state index contributed by atoms with van der Waals surface area (Å²) in [5.41, 5.74) is 9.02. The highest BCUT2D eigenvalue weighted by Gasteiger charge is 2.13. The van der Waals surface area contributed by atoms with Crippen LogP contribution < -0.4 is 5.73 Å². The van der Waals surface area contributed by atoms with Crippen LogP contribution in [0.2, 0.25) is 0 Å². The van der Waals surface area contributed by atoms with Gasteiger partial charge < -0.3 is 5.73 Å². The van der Waals surface area contributed by atoms with Gasteiger partial charge in [0.1, 0.15) is 5.01 Å². The molecule has 100 valence electrons. The first-order valence-corrected chi connectivity index (χ1v) is 7.35. The molecule has 0 aliphatic carbocycles. The zero-order valence-corrected chi connectivity index (χ0v) is 11.8. The minimum atomic E-state index is 0.637. The highest BCUT2D eigenvalue weighted by Crippen LogP contribution is 2.33. The van der Waals surface area contributed by atoms with Gasteiger partial charge in [0.25, 0.3) is 0 Å². The van der Waals surface area contributed by atoms with Gasteiger partial charge in [0.2, 0.25) is 0 Å². The fourth-order valence-electron chi connectivity index (χ4n) is 2.09. The maximum Gasteiger partial charge on any atom is 0.124 e. The lowest BCUT2D eigenvalue weighted by atomic mass is 10.1. The van der Waals surface area contributed by atoms with E-state index in [0.717, 1.165) is 28.2 Å². The van der Waals surface area contributed by atoms with E-state index in [0.29, 0.717) is 6.54 Å². The predicted molar refractivity (Wildman–Crippen MR) is 83.5 cm³/mol. The van der Waals surface area contributed by atoms with Gasteiger partial charge in [-0.1, -0.05) is 30.3 Å². The molecule has 3 aromatic rings. The maximum absolute atomic E-state index is 5.72. The third-order valence-corrected chi connectivity index (χ3v) is 4.21. The van der Waals surface area contributed by atoms with Gasteiger partial charge in [0.15, 0.2) is 0 Å². The number of pyridine rings is 1. The molecule has 20 heavy (non-hydrogen) atoms. The van der Waals surface area contributed by atoms with Crippen molar-refractivity contribution < 1.29 is 0 Å². The summed E-state index contributed by atoms with van der Waals surface area (Å²) in [6.07, 6.45) is 4.44. The van der Waals surface area contributed by atoms with E-state index in [-0.39, 0.29) is 0 Å². The summed E-state index contributed by atoms with van der Waals surface area (Å²) in [6.45, 7) is 0.637. The molecular formula is C16H15N3S. The SMILES string of the molecule is NCCc1sc(-c2ccncc2)nc1-c1ccccc1. The number of hydrogen-bond donors (Lipinski definition) is 1. The number of rotatable bonds is 4. The van der Waals surface area contributed by atoms with E-state index in [9.17, 15) is 0 Å². The molecule has 0 bridgehead atoms. The quantitative estimate of drug-likeness (QED) is 0.797. The first-order chi connectivity index (χ1) is 9.88. The Balaban J connectivity index is 2.08. The van der Waals surface area contributed by atoms with E-state index < -0.39 is 0 Å². The molecule has 4 heteroatoms. The lowest BCUT2D eigenvalue weighted by molar-refractivity contribution is 0.986. The van der Waals surface area contributed by atoms with Gasteiger partial charge in [-0.05, 0) is 25.1 Å². The van der Waals surface area contributed by atoms with Crippen LogP contribution in [0.5, 0.6) is 0 Å². The van der Waals surface area contributed by atoms with Crippen LogP contribution in [0.15, 0.2) is 54.9 Å². The average Bonchev–Trinajstić information content (AvgIpc) is 2.94. The van der Waals surface area contributed by atoms with Gasteiger partial charge in [-0.25, -0.2) is 4.98 Å². The Morgan fingerprint density at radius 2 is 1.70 bits per heavy atom. The Labute approximate surface area is 122 Å². The van der Waals surface area contributed by atoms with E-state index in [4.69, 9.17) is 10.7 Å². The standard InChI is InChI=1S/C16H15N3S/c17-9-6-14-15(12-4-2-1-3-5-12)19-16(20-14)13-7-10-18-11-8-13/h1-5,7-8,10-11H,6,9,17H2. The van der Waals surface area contributed by atoms with Crippen molar-refractivity contribution in [2.45, 2.75) is 6.42 Å². The Morgan fingerprint density at radius 1 is 0.950 bits per heavy atom. The minimum Gasteiger partial charge on any atom is -0.330 e. The number of hydrogen-bond acceptors (Lipinski definition) is 4. The Kier molecular flexibility index (Phi) is 3.85. The fraction of sp³-hybridized carbons (Fsp3) is 0.125. The molecule has 0 unspecified atom stereocenters. The summed E-state index contributed by atoms with van der Waals surface area (Å²) in [5, 5.41) is 1.02. The van der Waals surface area contributed by atoms with Crippen LogP contribution in [0.25, 0.3) is 21.8 Å². The zero-order valence-electron chi connectivity index (χ0n) is 11.0. The third kappa shape index (κ3) is 2.61. The Hall–Kier alpha value is -2.04. The van der Waals surface area contributed by atoms with Crippen LogP contribution in [0.1, 0.15) is 4.88 Å². The fourth-order valence-corrected chi connectivity index (χ4v) is 3.20. The topological polar surface area (TPSA) is 51.8 Å². The van der Waals surface area contributed by atoms with Gasteiger partial charge in [-0.3, -0.25) is 4.98 Å². The molecule has 2 N–H and O–H groups in total. The molecule has 0 radical (unpaired) electrons. The highest BCUT2D eigenvalue weighted by molar-refractivity contribution is 7.15. The number of nitrogens with zero attached hydrogens (tertiary/aromatic N) is 2. The number of thiazole rings is 1. The predicted octanol–water partition coefficient (Wildman–Crippen LogP) is 3.37. The van der Waals surface area contributed by atoms with Crippen LogP contribution >= 0.6 is 11.3 Å². The summed E-state index contributed by atoms with van der Waals surface area (Å²) in [4.78, 5) is 10.1. The van der Waals surface area contributed by atoms with Gasteiger partial charge in [-0.2, -0.15) is 0 Å². The minimum absolute atomic E-state index is 0.637. The van der Waals surface area contributed by atoms with Crippen molar-refractivity contribution in [1.29, 1.82) is 0 Å². The van der Waals surface area contributed by atoms with E-state index in [2.05, 4.69) is 17.1 Å². The average molecular weight is 281 g/mol. The maximum atomic E-state index is 5.72. The lowest BCUT2D eigenvalue weighted by Gasteiger charge is -2.00. The summed E-state index contributed by atoms with van der Waals surface area (Å²) in [6, 6.07) is 14.2. The second-order valence-corrected chi connectivity index (χ2v) is 5.52. The van der Waals surface area contributed by atoms with Gasteiger partial charge in [0, 0.05) is 28.4 Å². The van der Waals surface area contributed by atoms with Gasteiger partial charge in [0.05, 0.1) is 5.69 Å². The lowest BCUT2D eigenvalue weighted by Crippen LogP contribution is -2.02. The smallest absolute Gasteiger partial charge is 0.124 e. The summed E-state index contributed by atoms with van der Waals surface area (Å²) in [5.74, 6) is 0. The molecule has 0 aliphatic rings. The highest BCUT2D eigenvalue weighted by atomic mass is 32.1. The molecule has 0 saturated heterocycles. The molecule has 0 amide bonds. The number of nitrogens with two attached hydrogens (primary N) is 1. The van der Waals surface area contributed by atoms with Crippen LogP contribution in [0, 0.1) is 0 Å². The molecule has 0 fully saturated rings. The molecule has 3 rings (SSSR count). The third-order valence-electron chi connectivity index (χ3n) is 3.04. The molecule has 2 aromatic heterocycles. The molecule has 2 heterocycles. The van der Waals surface area contributed by atoms with Gasteiger partial charge in [-0.15, -0.1) is 11.3 Å². The van der Waals surface area contributed by atoms with Crippen LogP contribution in [-0.4, -0.2) is 16.5 Å². The molecule has 1 aromatic carbocycles. The number of benzene rings is 1. The molecular weight excluding hydrogens is 266 g/mol. The van der Waals surface area contributed by atoms with Crippen LogP contribution in [-0.2, 0) is 6.42 Å². The van der Waals surface area contributed by atoms with E-state index in [1.54, 1.807) is 23.7 Å². The number of aromatic nitrogens is 2. The van der Waals surface area contributed by atoms with Crippen molar-refractivity contribution in [2.24, 2.45) is 5.73 Å². The summed E-state index contributed by atoms with van der Waals surface area (Å²) in [7, 11) is 0. The van der Waals surface area contributed by atoms with Gasteiger partial charge >= 0.3 is 0 Å². The molecule has 0 atom stereocenters. The Bertz CT molecular complexity index is 677. The van der Waals surface area contributed by atoms with Crippen molar-refractivity contribution >= 4 is 11.3 Å². The molecule has 0 spiro atoms. The van der Waals surface area contributed by atoms with Crippen molar-refractivity contribution in [3.8, 4) is 21.8 Å². The molecule has 0 saturated carbocycles. The van der Waals surface area contributed by atoms with Crippen molar-refractivity contribution in [3.05, 3.63) is 59.7 Å². The Morgan fingerprint density at radius 3 is 2.40 bits per heavy atom. The first-order valence-electron chi connectivity index (χ1n) is 6.54. The zero-order chi connectivity index (χ0) is 13.8. The van der Waals surface area contributed by atoms with E-state index in [1.165, 1.54) is 4.88 Å². The molecule has 3 nitrogen and oxygen atoms in total. The van der Waals surface area contributed by atoms with E-state index in [1.807, 2.05) is 30.3 Å². The van der Waals surface area contributed by atoms with Crippen molar-refractivity contribution in [2.75, 3.05) is 6.54 Å². The van der Waals surface area contributed by atoms with Crippen LogP contribution in [0.3, 0.4) is 0 Å².